The molecule has 0 bridgehead atoms. The quantitative estimate of drug-likeness (QED) is 0.793. The topological polar surface area (TPSA) is 58.2 Å². The monoisotopic (exact) mass is 350 g/mol. The molecule has 2 aromatic carbocycles. The number of hydrogen-bond donors (Lipinski definition) is 2. The molecular formula is C17H16Cl2N2O2. The molecule has 120 valence electrons. The SMILES string of the molecule is Cc1ccc(NC(=O)CC(=O)Nc2ccc(Cl)c(Cl)c2)cc1C. The largest absolute Gasteiger partial charge is 0.326 e. The number of aryl methyl sites for hydroxylation is 2. The number of nitrogens with one attached hydrogen (secondary N) is 2. The number of carbonyl (C=O) groups is 2. The first-order valence-electron chi connectivity index (χ1n) is 6.97. The van der Waals surface area contributed by atoms with Gasteiger partial charge in [-0.1, -0.05) is 29.3 Å². The zero-order valence-corrected chi connectivity index (χ0v) is 14.3. The smallest absolute Gasteiger partial charge is 0.233 e. The molecule has 4 nitrogen and oxygen atoms in total. The number of benzene rings is 2. The fourth-order valence-corrected chi connectivity index (χ4v) is 2.25. The molecule has 0 saturated carbocycles. The fourth-order valence-electron chi connectivity index (χ4n) is 1.95. The van der Waals surface area contributed by atoms with E-state index in [1.54, 1.807) is 18.2 Å². The lowest BCUT2D eigenvalue weighted by atomic mass is 10.1. The van der Waals surface area contributed by atoms with E-state index < -0.39 is 5.91 Å². The van der Waals surface area contributed by atoms with Crippen molar-refractivity contribution in [2.24, 2.45) is 0 Å². The molecule has 2 N–H and O–H groups in total. The third-order valence-electron chi connectivity index (χ3n) is 3.32. The van der Waals surface area contributed by atoms with E-state index >= 15 is 0 Å². The Morgan fingerprint density at radius 3 is 1.96 bits per heavy atom. The molecule has 2 amide bonds. The first-order chi connectivity index (χ1) is 10.8. The summed E-state index contributed by atoms with van der Waals surface area (Å²) in [5.74, 6) is -0.810. The molecule has 2 aromatic rings. The maximum Gasteiger partial charge on any atom is 0.233 e. The molecule has 0 saturated heterocycles. The second kappa shape index (κ2) is 7.49. The molecule has 0 heterocycles. The lowest BCUT2D eigenvalue weighted by Crippen LogP contribution is -2.21. The maximum absolute atomic E-state index is 11.9. The van der Waals surface area contributed by atoms with E-state index in [4.69, 9.17) is 23.2 Å². The summed E-state index contributed by atoms with van der Waals surface area (Å²) in [6.45, 7) is 3.95. The van der Waals surface area contributed by atoms with Gasteiger partial charge in [0.25, 0.3) is 0 Å². The van der Waals surface area contributed by atoms with Crippen molar-refractivity contribution in [3.63, 3.8) is 0 Å². The van der Waals surface area contributed by atoms with E-state index in [2.05, 4.69) is 10.6 Å². The maximum atomic E-state index is 11.9. The second-order valence-corrected chi connectivity index (χ2v) is 6.02. The minimum Gasteiger partial charge on any atom is -0.326 e. The highest BCUT2D eigenvalue weighted by Gasteiger charge is 2.11. The fraction of sp³-hybridized carbons (Fsp3) is 0.176. The Morgan fingerprint density at radius 1 is 0.826 bits per heavy atom. The third-order valence-corrected chi connectivity index (χ3v) is 4.05. The van der Waals surface area contributed by atoms with Gasteiger partial charge >= 0.3 is 0 Å². The molecule has 23 heavy (non-hydrogen) atoms. The van der Waals surface area contributed by atoms with Gasteiger partial charge in [-0.05, 0) is 55.3 Å². The Hall–Kier alpha value is -2.04. The molecule has 0 unspecified atom stereocenters. The van der Waals surface area contributed by atoms with E-state index in [0.29, 0.717) is 21.4 Å². The number of carbonyl (C=O) groups excluding carboxylic acids is 2. The average molecular weight is 351 g/mol. The normalized spacial score (nSPS) is 10.3. The number of hydrogen-bond acceptors (Lipinski definition) is 2. The van der Waals surface area contributed by atoms with Crippen LogP contribution in [0.15, 0.2) is 36.4 Å². The lowest BCUT2D eigenvalue weighted by Gasteiger charge is -2.09. The first-order valence-corrected chi connectivity index (χ1v) is 7.73. The van der Waals surface area contributed by atoms with Crippen molar-refractivity contribution < 1.29 is 9.59 Å². The van der Waals surface area contributed by atoms with Crippen molar-refractivity contribution >= 4 is 46.4 Å². The van der Waals surface area contributed by atoms with Crippen LogP contribution in [0.2, 0.25) is 10.0 Å². The number of amides is 2. The van der Waals surface area contributed by atoms with Gasteiger partial charge in [-0.25, -0.2) is 0 Å². The highest BCUT2D eigenvalue weighted by molar-refractivity contribution is 6.42. The van der Waals surface area contributed by atoms with Gasteiger partial charge in [-0.3, -0.25) is 9.59 Å². The molecule has 6 heteroatoms. The highest BCUT2D eigenvalue weighted by atomic mass is 35.5. The van der Waals surface area contributed by atoms with Crippen LogP contribution in [0, 0.1) is 13.8 Å². The molecule has 0 aliphatic rings. The van der Waals surface area contributed by atoms with E-state index in [1.165, 1.54) is 6.07 Å². The molecular weight excluding hydrogens is 335 g/mol. The van der Waals surface area contributed by atoms with E-state index in [1.807, 2.05) is 26.0 Å². The van der Waals surface area contributed by atoms with Crippen molar-refractivity contribution in [1.82, 2.24) is 0 Å². The minimum absolute atomic E-state index is 0.285. The molecule has 2 rings (SSSR count). The first kappa shape index (κ1) is 17.3. The highest BCUT2D eigenvalue weighted by Crippen LogP contribution is 2.25. The predicted octanol–water partition coefficient (Wildman–Crippen LogP) is 4.58. The Morgan fingerprint density at radius 2 is 1.39 bits per heavy atom. The van der Waals surface area contributed by atoms with Crippen LogP contribution in [-0.4, -0.2) is 11.8 Å². The summed E-state index contributed by atoms with van der Waals surface area (Å²) in [7, 11) is 0. The molecule has 0 fully saturated rings. The van der Waals surface area contributed by atoms with E-state index in [9.17, 15) is 9.59 Å². The molecule has 0 atom stereocenters. The number of anilines is 2. The van der Waals surface area contributed by atoms with Crippen LogP contribution in [0.1, 0.15) is 17.5 Å². The summed E-state index contributed by atoms with van der Waals surface area (Å²) in [6, 6.07) is 10.3. The van der Waals surface area contributed by atoms with Crippen molar-refractivity contribution in [3.05, 3.63) is 57.6 Å². The molecule has 0 aliphatic heterocycles. The molecule has 0 aromatic heterocycles. The number of rotatable bonds is 4. The van der Waals surface area contributed by atoms with Crippen molar-refractivity contribution in [2.45, 2.75) is 20.3 Å². The summed E-state index contributed by atoms with van der Waals surface area (Å²) in [4.78, 5) is 23.8. The Kier molecular flexibility index (Phi) is 5.64. The van der Waals surface area contributed by atoms with Crippen molar-refractivity contribution in [1.29, 1.82) is 0 Å². The zero-order valence-electron chi connectivity index (χ0n) is 12.7. The second-order valence-electron chi connectivity index (χ2n) is 5.20. The van der Waals surface area contributed by atoms with E-state index in [-0.39, 0.29) is 12.3 Å². The Bertz CT molecular complexity index is 697. The Balaban J connectivity index is 1.92. The van der Waals surface area contributed by atoms with Gasteiger partial charge in [0, 0.05) is 11.4 Å². The van der Waals surface area contributed by atoms with Gasteiger partial charge < -0.3 is 10.6 Å². The van der Waals surface area contributed by atoms with Gasteiger partial charge in [0.15, 0.2) is 0 Å². The predicted molar refractivity (Wildman–Crippen MR) is 94.3 cm³/mol. The summed E-state index contributed by atoms with van der Waals surface area (Å²) in [5, 5.41) is 6.04. The van der Waals surface area contributed by atoms with Gasteiger partial charge in [0.05, 0.1) is 10.0 Å². The van der Waals surface area contributed by atoms with Crippen molar-refractivity contribution in [2.75, 3.05) is 10.6 Å². The summed E-state index contributed by atoms with van der Waals surface area (Å²) < 4.78 is 0. The van der Waals surface area contributed by atoms with E-state index in [0.717, 1.165) is 11.1 Å². The minimum atomic E-state index is -0.426. The average Bonchev–Trinajstić information content (AvgIpc) is 2.46. The lowest BCUT2D eigenvalue weighted by molar-refractivity contribution is -0.123. The standard InChI is InChI=1S/C17H16Cl2N2O2/c1-10-3-4-12(7-11(10)2)20-16(22)9-17(23)21-13-5-6-14(18)15(19)8-13/h3-8H,9H2,1-2H3,(H,20,22)(H,21,23). The summed E-state index contributed by atoms with van der Waals surface area (Å²) >= 11 is 11.7. The summed E-state index contributed by atoms with van der Waals surface area (Å²) in [5.41, 5.74) is 3.37. The molecule has 0 radical (unpaired) electrons. The van der Waals surface area contributed by atoms with Crippen LogP contribution in [0.4, 0.5) is 11.4 Å². The van der Waals surface area contributed by atoms with Crippen molar-refractivity contribution in [3.8, 4) is 0 Å². The Labute approximate surface area is 144 Å². The van der Waals surface area contributed by atoms with Gasteiger partial charge in [0.1, 0.15) is 6.42 Å². The van der Waals surface area contributed by atoms with Crippen LogP contribution >= 0.6 is 23.2 Å². The van der Waals surface area contributed by atoms with Crippen LogP contribution in [0.25, 0.3) is 0 Å². The molecule has 0 spiro atoms. The van der Waals surface area contributed by atoms with Gasteiger partial charge in [-0.2, -0.15) is 0 Å². The molecule has 0 aliphatic carbocycles. The van der Waals surface area contributed by atoms with Crippen LogP contribution in [-0.2, 0) is 9.59 Å². The van der Waals surface area contributed by atoms with Gasteiger partial charge in [-0.15, -0.1) is 0 Å². The summed E-state index contributed by atoms with van der Waals surface area (Å²) in [6.07, 6.45) is -0.285. The van der Waals surface area contributed by atoms with Crippen LogP contribution in [0.5, 0.6) is 0 Å². The van der Waals surface area contributed by atoms with Crippen LogP contribution in [0.3, 0.4) is 0 Å². The van der Waals surface area contributed by atoms with Gasteiger partial charge in [0.2, 0.25) is 11.8 Å². The third kappa shape index (κ3) is 4.98. The van der Waals surface area contributed by atoms with Crippen LogP contribution < -0.4 is 10.6 Å². The zero-order chi connectivity index (χ0) is 17.0. The number of halogens is 2.